The largest absolute Gasteiger partial charge is 0.469 e. The first kappa shape index (κ1) is 14.0. The van der Waals surface area contributed by atoms with Crippen LogP contribution in [0.25, 0.3) is 0 Å². The average molecular weight is 291 g/mol. The van der Waals surface area contributed by atoms with Crippen LogP contribution in [0.4, 0.5) is 4.79 Å². The third-order valence-corrected chi connectivity index (χ3v) is 4.22. The van der Waals surface area contributed by atoms with E-state index in [9.17, 15) is 9.59 Å². The number of amides is 3. The Morgan fingerprint density at radius 3 is 3.14 bits per heavy atom. The highest BCUT2D eigenvalue weighted by Crippen LogP contribution is 2.21. The minimum atomic E-state index is -0.0880. The van der Waals surface area contributed by atoms with Crippen LogP contribution in [0.1, 0.15) is 25.0 Å². The van der Waals surface area contributed by atoms with Gasteiger partial charge in [-0.3, -0.25) is 4.79 Å². The first-order valence-corrected chi connectivity index (χ1v) is 7.58. The molecule has 2 aliphatic rings. The number of rotatable bonds is 3. The number of urea groups is 1. The monoisotopic (exact) mass is 291 g/mol. The van der Waals surface area contributed by atoms with Gasteiger partial charge in [0.05, 0.1) is 12.2 Å². The van der Waals surface area contributed by atoms with Crippen LogP contribution in [0.3, 0.4) is 0 Å². The molecule has 2 saturated heterocycles. The van der Waals surface area contributed by atoms with Crippen LogP contribution in [-0.4, -0.2) is 42.5 Å². The Balaban J connectivity index is 1.53. The SMILES string of the molecule is O=C1N[C@H]2CCC[C@@H]1CN(C(=O)NCCc1ccco1)C2. The molecular weight excluding hydrogens is 270 g/mol. The molecule has 3 rings (SSSR count). The molecule has 0 saturated carbocycles. The van der Waals surface area contributed by atoms with Crippen LogP contribution < -0.4 is 10.6 Å². The van der Waals surface area contributed by atoms with Gasteiger partial charge in [-0.25, -0.2) is 4.79 Å². The molecule has 114 valence electrons. The van der Waals surface area contributed by atoms with Gasteiger partial charge in [0, 0.05) is 32.1 Å². The van der Waals surface area contributed by atoms with Crippen LogP contribution >= 0.6 is 0 Å². The summed E-state index contributed by atoms with van der Waals surface area (Å²) in [4.78, 5) is 26.0. The molecule has 21 heavy (non-hydrogen) atoms. The van der Waals surface area contributed by atoms with Crippen LogP contribution in [0.15, 0.2) is 22.8 Å². The highest BCUT2D eigenvalue weighted by molar-refractivity contribution is 5.82. The molecule has 0 aromatic carbocycles. The van der Waals surface area contributed by atoms with E-state index >= 15 is 0 Å². The molecule has 1 aromatic rings. The van der Waals surface area contributed by atoms with E-state index in [2.05, 4.69) is 10.6 Å². The maximum atomic E-state index is 12.3. The van der Waals surface area contributed by atoms with Gasteiger partial charge in [0.25, 0.3) is 0 Å². The molecule has 0 radical (unpaired) electrons. The minimum absolute atomic E-state index is 0.0617. The Hall–Kier alpha value is -1.98. The fourth-order valence-electron chi connectivity index (χ4n) is 3.08. The van der Waals surface area contributed by atoms with Crippen molar-refractivity contribution in [3.63, 3.8) is 0 Å². The molecule has 3 amide bonds. The molecule has 6 heteroatoms. The average Bonchev–Trinajstić information content (AvgIpc) is 2.82. The van der Waals surface area contributed by atoms with Gasteiger partial charge in [-0.1, -0.05) is 6.42 Å². The summed E-state index contributed by atoms with van der Waals surface area (Å²) >= 11 is 0. The molecule has 0 aliphatic carbocycles. The zero-order valence-corrected chi connectivity index (χ0v) is 12.0. The van der Waals surface area contributed by atoms with Crippen molar-refractivity contribution < 1.29 is 14.0 Å². The van der Waals surface area contributed by atoms with Gasteiger partial charge in [-0.15, -0.1) is 0 Å². The Kier molecular flexibility index (Phi) is 4.13. The van der Waals surface area contributed by atoms with E-state index in [1.54, 1.807) is 11.2 Å². The number of nitrogens with zero attached hydrogens (tertiary/aromatic N) is 1. The van der Waals surface area contributed by atoms with E-state index in [-0.39, 0.29) is 23.9 Å². The molecule has 6 nitrogen and oxygen atoms in total. The van der Waals surface area contributed by atoms with Crippen molar-refractivity contribution in [1.29, 1.82) is 0 Å². The lowest BCUT2D eigenvalue weighted by atomic mass is 9.99. The third kappa shape index (κ3) is 3.37. The molecule has 2 aliphatic heterocycles. The second-order valence-electron chi connectivity index (χ2n) is 5.80. The maximum Gasteiger partial charge on any atom is 0.317 e. The lowest BCUT2D eigenvalue weighted by molar-refractivity contribution is -0.124. The number of carbonyl (C=O) groups is 2. The Labute approximate surface area is 123 Å². The van der Waals surface area contributed by atoms with E-state index in [1.807, 2.05) is 12.1 Å². The van der Waals surface area contributed by atoms with E-state index in [0.717, 1.165) is 25.0 Å². The summed E-state index contributed by atoms with van der Waals surface area (Å²) in [6.07, 6.45) is 5.19. The van der Waals surface area contributed by atoms with E-state index in [0.29, 0.717) is 26.1 Å². The maximum absolute atomic E-state index is 12.3. The summed E-state index contributed by atoms with van der Waals surface area (Å²) < 4.78 is 5.24. The minimum Gasteiger partial charge on any atom is -0.469 e. The van der Waals surface area contributed by atoms with Crippen LogP contribution in [-0.2, 0) is 11.2 Å². The van der Waals surface area contributed by atoms with E-state index < -0.39 is 0 Å². The first-order valence-electron chi connectivity index (χ1n) is 7.58. The molecule has 2 fully saturated rings. The number of carbonyl (C=O) groups excluding carboxylic acids is 2. The molecule has 1 aromatic heterocycles. The molecular formula is C15H21N3O3. The van der Waals surface area contributed by atoms with Crippen LogP contribution in [0.5, 0.6) is 0 Å². The van der Waals surface area contributed by atoms with Gasteiger partial charge < -0.3 is 20.0 Å². The number of likely N-dealkylation sites (tertiary alicyclic amines) is 1. The van der Waals surface area contributed by atoms with Crippen molar-refractivity contribution in [2.75, 3.05) is 19.6 Å². The van der Waals surface area contributed by atoms with Gasteiger partial charge in [0.1, 0.15) is 5.76 Å². The van der Waals surface area contributed by atoms with Gasteiger partial charge in [-0.05, 0) is 25.0 Å². The normalized spacial score (nSPS) is 25.1. The van der Waals surface area contributed by atoms with Crippen molar-refractivity contribution in [2.24, 2.45) is 5.92 Å². The summed E-state index contributed by atoms with van der Waals surface area (Å²) in [6.45, 7) is 1.67. The Bertz CT molecular complexity index is 500. The topological polar surface area (TPSA) is 74.6 Å². The van der Waals surface area contributed by atoms with Gasteiger partial charge in [-0.2, -0.15) is 0 Å². The predicted molar refractivity (Wildman–Crippen MR) is 76.7 cm³/mol. The first-order chi connectivity index (χ1) is 10.2. The lowest BCUT2D eigenvalue weighted by Gasteiger charge is -2.27. The fraction of sp³-hybridized carbons (Fsp3) is 0.600. The molecule has 3 heterocycles. The Morgan fingerprint density at radius 1 is 1.43 bits per heavy atom. The predicted octanol–water partition coefficient (Wildman–Crippen LogP) is 1.13. The second-order valence-corrected chi connectivity index (χ2v) is 5.80. The fourth-order valence-corrected chi connectivity index (χ4v) is 3.08. The molecule has 2 atom stereocenters. The van der Waals surface area contributed by atoms with Gasteiger partial charge in [0.15, 0.2) is 0 Å². The van der Waals surface area contributed by atoms with Gasteiger partial charge in [0.2, 0.25) is 5.91 Å². The molecule has 0 unspecified atom stereocenters. The van der Waals surface area contributed by atoms with Crippen molar-refractivity contribution in [2.45, 2.75) is 31.7 Å². The van der Waals surface area contributed by atoms with Crippen molar-refractivity contribution in [3.05, 3.63) is 24.2 Å². The summed E-state index contributed by atoms with van der Waals surface area (Å²) in [6, 6.07) is 3.74. The summed E-state index contributed by atoms with van der Waals surface area (Å²) in [5.41, 5.74) is 0. The standard InChI is InChI=1S/C15H21N3O3/c19-14-11-3-1-4-12(17-14)10-18(9-11)15(20)16-7-6-13-5-2-8-21-13/h2,5,8,11-12H,1,3-4,6-7,9-10H2,(H,16,20)(H,17,19)/t11-,12+/m1/s1. The van der Waals surface area contributed by atoms with E-state index in [1.165, 1.54) is 0 Å². The van der Waals surface area contributed by atoms with Crippen LogP contribution in [0.2, 0.25) is 0 Å². The van der Waals surface area contributed by atoms with Gasteiger partial charge >= 0.3 is 6.03 Å². The van der Waals surface area contributed by atoms with Crippen molar-refractivity contribution in [1.82, 2.24) is 15.5 Å². The Morgan fingerprint density at radius 2 is 2.33 bits per heavy atom. The summed E-state index contributed by atoms with van der Waals surface area (Å²) in [5.74, 6) is 0.900. The number of hydrogen-bond acceptors (Lipinski definition) is 3. The smallest absolute Gasteiger partial charge is 0.317 e. The molecule has 0 spiro atoms. The number of nitrogens with one attached hydrogen (secondary N) is 2. The van der Waals surface area contributed by atoms with Crippen molar-refractivity contribution >= 4 is 11.9 Å². The van der Waals surface area contributed by atoms with Crippen LogP contribution in [0, 0.1) is 5.92 Å². The molecule has 2 bridgehead atoms. The lowest BCUT2D eigenvalue weighted by Crippen LogP contribution is -2.46. The second kappa shape index (κ2) is 6.20. The number of furan rings is 1. The number of fused-ring (bicyclic) bond motifs is 3. The third-order valence-electron chi connectivity index (χ3n) is 4.22. The zero-order valence-electron chi connectivity index (χ0n) is 12.0. The zero-order chi connectivity index (χ0) is 14.7. The molecule has 2 N–H and O–H groups in total. The summed E-state index contributed by atoms with van der Waals surface area (Å²) in [7, 11) is 0. The summed E-state index contributed by atoms with van der Waals surface area (Å²) in [5, 5.41) is 5.94. The number of hydrogen-bond donors (Lipinski definition) is 2. The quantitative estimate of drug-likeness (QED) is 0.876. The highest BCUT2D eigenvalue weighted by atomic mass is 16.3. The highest BCUT2D eigenvalue weighted by Gasteiger charge is 2.34. The van der Waals surface area contributed by atoms with Crippen molar-refractivity contribution in [3.8, 4) is 0 Å². The van der Waals surface area contributed by atoms with E-state index in [4.69, 9.17) is 4.42 Å².